The maximum absolute atomic E-state index is 12.3. The van der Waals surface area contributed by atoms with E-state index < -0.39 is 11.8 Å². The molecule has 4 nitrogen and oxygen atoms in total. The van der Waals surface area contributed by atoms with Gasteiger partial charge in [-0.2, -0.15) is 0 Å². The first-order valence-electron chi connectivity index (χ1n) is 7.00. The Bertz CT molecular complexity index is 641. The predicted octanol–water partition coefficient (Wildman–Crippen LogP) is 3.44. The first-order chi connectivity index (χ1) is 10.6. The third kappa shape index (κ3) is 4.43. The smallest absolute Gasteiger partial charge is 0.313 e. The lowest BCUT2D eigenvalue weighted by molar-refractivity contribution is -0.143. The van der Waals surface area contributed by atoms with Gasteiger partial charge in [-0.3, -0.25) is 9.59 Å². The zero-order valence-corrected chi connectivity index (χ0v) is 13.8. The molecular weight excluding hydrogens is 344 g/mol. The summed E-state index contributed by atoms with van der Waals surface area (Å²) in [5.74, 6) is -1.16. The number of nitrogens with one attached hydrogen (secondary N) is 1. The Morgan fingerprint density at radius 3 is 2.27 bits per heavy atom. The molecule has 0 aromatic heterocycles. The van der Waals surface area contributed by atoms with Gasteiger partial charge in [0, 0.05) is 23.2 Å². The minimum absolute atomic E-state index is 0.421. The molecule has 0 bridgehead atoms. The summed E-state index contributed by atoms with van der Waals surface area (Å²) in [5, 5.41) is 2.62. The van der Waals surface area contributed by atoms with E-state index in [4.69, 9.17) is 0 Å². The molecule has 2 rings (SSSR count). The highest BCUT2D eigenvalue weighted by Gasteiger charge is 2.20. The fourth-order valence-corrected chi connectivity index (χ4v) is 2.26. The van der Waals surface area contributed by atoms with Crippen molar-refractivity contribution >= 4 is 33.4 Å². The second kappa shape index (κ2) is 7.75. The van der Waals surface area contributed by atoms with Crippen LogP contribution in [0.15, 0.2) is 59.1 Å². The quantitative estimate of drug-likeness (QED) is 0.849. The molecule has 0 saturated heterocycles. The highest BCUT2D eigenvalue weighted by Crippen LogP contribution is 2.14. The van der Waals surface area contributed by atoms with Gasteiger partial charge in [-0.05, 0) is 36.8 Å². The molecule has 0 unspecified atom stereocenters. The van der Waals surface area contributed by atoms with Gasteiger partial charge in [0.1, 0.15) is 0 Å². The molecule has 1 N–H and O–H groups in total. The second-order valence-electron chi connectivity index (χ2n) is 4.77. The third-order valence-corrected chi connectivity index (χ3v) is 3.71. The van der Waals surface area contributed by atoms with E-state index in [-0.39, 0.29) is 0 Å². The number of carbonyl (C=O) groups is 2. The molecule has 0 fully saturated rings. The molecule has 0 saturated carbocycles. The van der Waals surface area contributed by atoms with Crippen molar-refractivity contribution < 1.29 is 9.59 Å². The van der Waals surface area contributed by atoms with Crippen molar-refractivity contribution in [1.29, 1.82) is 0 Å². The van der Waals surface area contributed by atoms with Crippen molar-refractivity contribution in [3.63, 3.8) is 0 Å². The lowest BCUT2D eigenvalue weighted by Crippen LogP contribution is -2.39. The Kier molecular flexibility index (Phi) is 5.72. The number of amides is 2. The molecule has 22 heavy (non-hydrogen) atoms. The molecule has 2 aromatic rings. The van der Waals surface area contributed by atoms with E-state index in [2.05, 4.69) is 21.2 Å². The van der Waals surface area contributed by atoms with Crippen molar-refractivity contribution in [2.45, 2.75) is 13.5 Å². The van der Waals surface area contributed by atoms with Gasteiger partial charge in [-0.25, -0.2) is 0 Å². The molecule has 0 spiro atoms. The Hall–Kier alpha value is -2.14. The van der Waals surface area contributed by atoms with Gasteiger partial charge in [-0.1, -0.05) is 46.3 Å². The number of halogens is 1. The molecule has 0 aliphatic carbocycles. The molecule has 2 amide bonds. The summed E-state index contributed by atoms with van der Waals surface area (Å²) >= 11 is 3.32. The first kappa shape index (κ1) is 16.2. The van der Waals surface area contributed by atoms with Gasteiger partial charge in [0.15, 0.2) is 0 Å². The average Bonchev–Trinajstić information content (AvgIpc) is 2.55. The van der Waals surface area contributed by atoms with Gasteiger partial charge in [-0.15, -0.1) is 0 Å². The number of hydrogen-bond acceptors (Lipinski definition) is 2. The highest BCUT2D eigenvalue weighted by atomic mass is 79.9. The highest BCUT2D eigenvalue weighted by molar-refractivity contribution is 9.10. The molecule has 0 aliphatic heterocycles. The van der Waals surface area contributed by atoms with Crippen molar-refractivity contribution in [3.05, 3.63) is 64.6 Å². The summed E-state index contributed by atoms with van der Waals surface area (Å²) in [6.45, 7) is 2.75. The fourth-order valence-electron chi connectivity index (χ4n) is 1.99. The van der Waals surface area contributed by atoms with Crippen molar-refractivity contribution in [2.75, 3.05) is 11.9 Å². The number of benzene rings is 2. The zero-order valence-electron chi connectivity index (χ0n) is 12.3. The Labute approximate surface area is 138 Å². The van der Waals surface area contributed by atoms with E-state index in [0.29, 0.717) is 18.8 Å². The van der Waals surface area contributed by atoms with Gasteiger partial charge < -0.3 is 10.2 Å². The van der Waals surface area contributed by atoms with E-state index in [1.54, 1.807) is 12.1 Å². The molecular formula is C17H17BrN2O2. The normalized spacial score (nSPS) is 10.1. The molecule has 0 aliphatic rings. The van der Waals surface area contributed by atoms with Crippen molar-refractivity contribution in [2.24, 2.45) is 0 Å². The van der Waals surface area contributed by atoms with Crippen LogP contribution >= 0.6 is 15.9 Å². The van der Waals surface area contributed by atoms with Crippen molar-refractivity contribution in [1.82, 2.24) is 4.90 Å². The topological polar surface area (TPSA) is 49.4 Å². The summed E-state index contributed by atoms with van der Waals surface area (Å²) in [7, 11) is 0. The molecule has 0 radical (unpaired) electrons. The fraction of sp³-hybridized carbons (Fsp3) is 0.176. The largest absolute Gasteiger partial charge is 0.330 e. The van der Waals surface area contributed by atoms with E-state index in [1.165, 1.54) is 4.90 Å². The van der Waals surface area contributed by atoms with E-state index in [0.717, 1.165) is 10.0 Å². The van der Waals surface area contributed by atoms with Crippen LogP contribution < -0.4 is 5.32 Å². The number of anilines is 1. The van der Waals surface area contributed by atoms with Gasteiger partial charge in [0.05, 0.1) is 0 Å². The van der Waals surface area contributed by atoms with Gasteiger partial charge in [0.25, 0.3) is 0 Å². The molecule has 0 atom stereocenters. The maximum Gasteiger partial charge on any atom is 0.313 e. The molecule has 5 heteroatoms. The predicted molar refractivity (Wildman–Crippen MR) is 90.3 cm³/mol. The van der Waals surface area contributed by atoms with Crippen LogP contribution in [0.4, 0.5) is 5.69 Å². The second-order valence-corrected chi connectivity index (χ2v) is 5.68. The Morgan fingerprint density at radius 2 is 1.68 bits per heavy atom. The number of likely N-dealkylation sites (N-methyl/N-ethyl adjacent to an activating group) is 1. The Morgan fingerprint density at radius 1 is 1.05 bits per heavy atom. The van der Waals surface area contributed by atoms with Gasteiger partial charge >= 0.3 is 11.8 Å². The number of carbonyl (C=O) groups excluding carboxylic acids is 2. The summed E-state index contributed by atoms with van der Waals surface area (Å²) < 4.78 is 0.913. The summed E-state index contributed by atoms with van der Waals surface area (Å²) in [6.07, 6.45) is 0. The maximum atomic E-state index is 12.3. The first-order valence-corrected chi connectivity index (χ1v) is 7.79. The SMILES string of the molecule is CCN(Cc1ccccc1)C(=O)C(=O)Nc1ccc(Br)cc1. The molecule has 114 valence electrons. The van der Waals surface area contributed by atoms with Gasteiger partial charge in [0.2, 0.25) is 0 Å². The van der Waals surface area contributed by atoms with Crippen LogP contribution in [0.1, 0.15) is 12.5 Å². The minimum atomic E-state index is -0.625. The van der Waals surface area contributed by atoms with Crippen LogP contribution in [0.25, 0.3) is 0 Å². The summed E-state index contributed by atoms with van der Waals surface area (Å²) in [5.41, 5.74) is 1.59. The lowest BCUT2D eigenvalue weighted by atomic mass is 10.2. The minimum Gasteiger partial charge on any atom is -0.330 e. The third-order valence-electron chi connectivity index (χ3n) is 3.18. The molecule has 0 heterocycles. The summed E-state index contributed by atoms with van der Waals surface area (Å²) in [6, 6.07) is 16.7. The van der Waals surface area contributed by atoms with E-state index in [1.807, 2.05) is 49.4 Å². The van der Waals surface area contributed by atoms with Crippen LogP contribution in [0.2, 0.25) is 0 Å². The van der Waals surface area contributed by atoms with Crippen LogP contribution in [-0.4, -0.2) is 23.3 Å². The number of hydrogen-bond donors (Lipinski definition) is 1. The van der Waals surface area contributed by atoms with Crippen LogP contribution in [0.5, 0.6) is 0 Å². The van der Waals surface area contributed by atoms with Crippen LogP contribution in [-0.2, 0) is 16.1 Å². The molecule has 2 aromatic carbocycles. The standard InChI is InChI=1S/C17H17BrN2O2/c1-2-20(12-13-6-4-3-5-7-13)17(22)16(21)19-15-10-8-14(18)9-11-15/h3-11H,2,12H2,1H3,(H,19,21). The van der Waals surface area contributed by atoms with E-state index >= 15 is 0 Å². The number of rotatable bonds is 4. The summed E-state index contributed by atoms with van der Waals surface area (Å²) in [4.78, 5) is 25.8. The van der Waals surface area contributed by atoms with Crippen LogP contribution in [0, 0.1) is 0 Å². The monoisotopic (exact) mass is 360 g/mol. The average molecular weight is 361 g/mol. The Balaban J connectivity index is 2.01. The lowest BCUT2D eigenvalue weighted by Gasteiger charge is -2.20. The number of nitrogens with zero attached hydrogens (tertiary/aromatic N) is 1. The van der Waals surface area contributed by atoms with Crippen LogP contribution in [0.3, 0.4) is 0 Å². The zero-order chi connectivity index (χ0) is 15.9. The van der Waals surface area contributed by atoms with E-state index in [9.17, 15) is 9.59 Å². The van der Waals surface area contributed by atoms with Crippen molar-refractivity contribution in [3.8, 4) is 0 Å².